The standard InChI is InChI=1S/C25H28F2N2O4/c1-25(2,3)33-23(30)28-14-20(27)21(15-28)32-24(31)29-13-12-16-6-4-5-7-19(16)22(29)17-8-10-18(26)11-9-17/h4-11,20-22H,12-15H2,1-3H3/t20-,21-,22+/m1/s1. The summed E-state index contributed by atoms with van der Waals surface area (Å²) in [6.45, 7) is 5.29. The SMILES string of the molecule is CC(C)(C)OC(=O)N1C[C@@H](F)[C@H](OC(=O)N2CCc3ccccc3[C@@H]2c2ccc(F)cc2)C1. The lowest BCUT2D eigenvalue weighted by atomic mass is 9.88. The van der Waals surface area contributed by atoms with Gasteiger partial charge in [-0.25, -0.2) is 18.4 Å². The van der Waals surface area contributed by atoms with Crippen LogP contribution < -0.4 is 0 Å². The largest absolute Gasteiger partial charge is 0.444 e. The molecule has 1 saturated heterocycles. The number of carbonyl (C=O) groups is 2. The third-order valence-corrected chi connectivity index (χ3v) is 5.81. The topological polar surface area (TPSA) is 59.1 Å². The zero-order valence-corrected chi connectivity index (χ0v) is 19.0. The number of ether oxygens (including phenoxy) is 2. The Kier molecular flexibility index (Phi) is 6.28. The molecule has 176 valence electrons. The molecule has 0 aromatic heterocycles. The highest BCUT2D eigenvalue weighted by molar-refractivity contribution is 5.71. The molecule has 2 aromatic rings. The van der Waals surface area contributed by atoms with Crippen molar-refractivity contribution in [2.24, 2.45) is 0 Å². The Morgan fingerprint density at radius 3 is 2.39 bits per heavy atom. The Labute approximate surface area is 192 Å². The van der Waals surface area contributed by atoms with Crippen LogP contribution in [0.1, 0.15) is 43.5 Å². The molecule has 33 heavy (non-hydrogen) atoms. The summed E-state index contributed by atoms with van der Waals surface area (Å²) in [5, 5.41) is 0. The average molecular weight is 459 g/mol. The van der Waals surface area contributed by atoms with Crippen molar-refractivity contribution in [3.05, 3.63) is 71.0 Å². The summed E-state index contributed by atoms with van der Waals surface area (Å²) in [6, 6.07) is 13.3. The molecule has 6 nitrogen and oxygen atoms in total. The molecular formula is C25H28F2N2O4. The number of amides is 2. The van der Waals surface area contributed by atoms with E-state index in [9.17, 15) is 18.4 Å². The molecule has 1 fully saturated rings. The number of benzene rings is 2. The normalized spacial score (nSPS) is 22.6. The van der Waals surface area contributed by atoms with Crippen LogP contribution in [0, 0.1) is 5.82 Å². The van der Waals surface area contributed by atoms with Gasteiger partial charge in [0.1, 0.15) is 11.4 Å². The molecule has 0 bridgehead atoms. The van der Waals surface area contributed by atoms with E-state index in [1.165, 1.54) is 17.0 Å². The Morgan fingerprint density at radius 2 is 1.70 bits per heavy atom. The number of nitrogens with zero attached hydrogens (tertiary/aromatic N) is 2. The van der Waals surface area contributed by atoms with Gasteiger partial charge in [-0.05, 0) is 56.0 Å². The maximum absolute atomic E-state index is 14.7. The van der Waals surface area contributed by atoms with Crippen molar-refractivity contribution < 1.29 is 27.8 Å². The first-order chi connectivity index (χ1) is 15.6. The van der Waals surface area contributed by atoms with Gasteiger partial charge in [-0.1, -0.05) is 36.4 Å². The Bertz CT molecular complexity index is 1020. The van der Waals surface area contributed by atoms with E-state index in [-0.39, 0.29) is 18.9 Å². The summed E-state index contributed by atoms with van der Waals surface area (Å²) in [4.78, 5) is 28.2. The van der Waals surface area contributed by atoms with Crippen molar-refractivity contribution in [2.45, 2.75) is 51.1 Å². The second-order valence-corrected chi connectivity index (χ2v) is 9.42. The molecule has 2 aliphatic rings. The summed E-state index contributed by atoms with van der Waals surface area (Å²) in [6.07, 6.45) is -3.28. The number of fused-ring (bicyclic) bond motifs is 1. The number of likely N-dealkylation sites (tertiary alicyclic amines) is 1. The van der Waals surface area contributed by atoms with E-state index < -0.39 is 36.1 Å². The minimum absolute atomic E-state index is 0.0759. The smallest absolute Gasteiger partial charge is 0.411 e. The summed E-state index contributed by atoms with van der Waals surface area (Å²) in [7, 11) is 0. The molecule has 2 aliphatic heterocycles. The number of rotatable bonds is 2. The number of hydrogen-bond acceptors (Lipinski definition) is 4. The predicted molar refractivity (Wildman–Crippen MR) is 118 cm³/mol. The van der Waals surface area contributed by atoms with Crippen LogP contribution in [0.4, 0.5) is 18.4 Å². The van der Waals surface area contributed by atoms with Gasteiger partial charge in [0.25, 0.3) is 0 Å². The van der Waals surface area contributed by atoms with Crippen LogP contribution in [0.15, 0.2) is 48.5 Å². The van der Waals surface area contributed by atoms with E-state index in [0.717, 1.165) is 16.7 Å². The van der Waals surface area contributed by atoms with Gasteiger partial charge in [0, 0.05) is 6.54 Å². The van der Waals surface area contributed by atoms with Gasteiger partial charge >= 0.3 is 12.2 Å². The van der Waals surface area contributed by atoms with Crippen LogP contribution in [0.3, 0.4) is 0 Å². The molecule has 2 aromatic carbocycles. The first-order valence-electron chi connectivity index (χ1n) is 11.0. The fourth-order valence-corrected chi connectivity index (χ4v) is 4.29. The Balaban J connectivity index is 1.52. The van der Waals surface area contributed by atoms with Crippen LogP contribution in [0.25, 0.3) is 0 Å². The van der Waals surface area contributed by atoms with Gasteiger partial charge in [-0.3, -0.25) is 4.90 Å². The lowest BCUT2D eigenvalue weighted by Crippen LogP contribution is -2.43. The number of hydrogen-bond donors (Lipinski definition) is 0. The third kappa shape index (κ3) is 5.10. The van der Waals surface area contributed by atoms with E-state index in [0.29, 0.717) is 13.0 Å². The fourth-order valence-electron chi connectivity index (χ4n) is 4.29. The van der Waals surface area contributed by atoms with Gasteiger partial charge in [0.15, 0.2) is 12.3 Å². The summed E-state index contributed by atoms with van der Waals surface area (Å²) in [5.41, 5.74) is 2.04. The average Bonchev–Trinajstić information content (AvgIpc) is 3.13. The zero-order valence-electron chi connectivity index (χ0n) is 19.0. The van der Waals surface area contributed by atoms with Crippen molar-refractivity contribution in [2.75, 3.05) is 19.6 Å². The van der Waals surface area contributed by atoms with Crippen molar-refractivity contribution >= 4 is 12.2 Å². The van der Waals surface area contributed by atoms with Gasteiger partial charge in [0.2, 0.25) is 0 Å². The van der Waals surface area contributed by atoms with E-state index >= 15 is 0 Å². The molecule has 2 heterocycles. The number of halogens is 2. The van der Waals surface area contributed by atoms with Crippen LogP contribution in [-0.4, -0.2) is 59.5 Å². The molecule has 0 unspecified atom stereocenters. The van der Waals surface area contributed by atoms with E-state index in [2.05, 4.69) is 0 Å². The van der Waals surface area contributed by atoms with Gasteiger partial charge in [0.05, 0.1) is 19.1 Å². The molecule has 8 heteroatoms. The third-order valence-electron chi connectivity index (χ3n) is 5.81. The maximum atomic E-state index is 14.7. The highest BCUT2D eigenvalue weighted by Gasteiger charge is 2.42. The number of carbonyl (C=O) groups excluding carboxylic acids is 2. The zero-order chi connectivity index (χ0) is 23.8. The number of alkyl halides is 1. The van der Waals surface area contributed by atoms with Gasteiger partial charge in [-0.2, -0.15) is 0 Å². The molecule has 0 radical (unpaired) electrons. The Morgan fingerprint density at radius 1 is 1.00 bits per heavy atom. The molecular weight excluding hydrogens is 430 g/mol. The molecule has 0 aliphatic carbocycles. The first kappa shape index (κ1) is 23.0. The van der Waals surface area contributed by atoms with Crippen molar-refractivity contribution in [1.82, 2.24) is 9.80 Å². The fraction of sp³-hybridized carbons (Fsp3) is 0.440. The van der Waals surface area contributed by atoms with Crippen LogP contribution >= 0.6 is 0 Å². The van der Waals surface area contributed by atoms with Gasteiger partial charge in [-0.15, -0.1) is 0 Å². The molecule has 0 N–H and O–H groups in total. The van der Waals surface area contributed by atoms with Crippen LogP contribution in [-0.2, 0) is 15.9 Å². The molecule has 4 rings (SSSR count). The quantitative estimate of drug-likeness (QED) is 0.645. The first-order valence-corrected chi connectivity index (χ1v) is 11.0. The van der Waals surface area contributed by atoms with E-state index in [1.807, 2.05) is 24.3 Å². The summed E-state index contributed by atoms with van der Waals surface area (Å²) < 4.78 is 39.1. The summed E-state index contributed by atoms with van der Waals surface area (Å²) in [5.74, 6) is -0.370. The highest BCUT2D eigenvalue weighted by atomic mass is 19.1. The van der Waals surface area contributed by atoms with E-state index in [4.69, 9.17) is 9.47 Å². The van der Waals surface area contributed by atoms with Crippen molar-refractivity contribution in [3.8, 4) is 0 Å². The lowest BCUT2D eigenvalue weighted by molar-refractivity contribution is 0.0211. The summed E-state index contributed by atoms with van der Waals surface area (Å²) >= 11 is 0. The Hall–Kier alpha value is -3.16. The second-order valence-electron chi connectivity index (χ2n) is 9.42. The maximum Gasteiger partial charge on any atom is 0.411 e. The minimum atomic E-state index is -1.51. The predicted octanol–water partition coefficient (Wildman–Crippen LogP) is 4.87. The minimum Gasteiger partial charge on any atom is -0.444 e. The van der Waals surface area contributed by atoms with Gasteiger partial charge < -0.3 is 14.4 Å². The van der Waals surface area contributed by atoms with Crippen molar-refractivity contribution in [3.63, 3.8) is 0 Å². The van der Waals surface area contributed by atoms with Crippen LogP contribution in [0.2, 0.25) is 0 Å². The molecule has 3 atom stereocenters. The van der Waals surface area contributed by atoms with Crippen molar-refractivity contribution in [1.29, 1.82) is 0 Å². The lowest BCUT2D eigenvalue weighted by Gasteiger charge is -2.37. The molecule has 0 spiro atoms. The van der Waals surface area contributed by atoms with E-state index in [1.54, 1.807) is 37.8 Å². The molecule has 2 amide bonds. The monoisotopic (exact) mass is 458 g/mol. The molecule has 0 saturated carbocycles. The highest BCUT2D eigenvalue weighted by Crippen LogP contribution is 2.36. The van der Waals surface area contributed by atoms with Crippen LogP contribution in [0.5, 0.6) is 0 Å². The second kappa shape index (κ2) is 9.00.